The summed E-state index contributed by atoms with van der Waals surface area (Å²) in [6, 6.07) is 15.0. The number of amides is 1. The fourth-order valence-electron chi connectivity index (χ4n) is 3.71. The lowest BCUT2D eigenvalue weighted by Crippen LogP contribution is -2.40. The zero-order chi connectivity index (χ0) is 21.9. The van der Waals surface area contributed by atoms with Crippen molar-refractivity contribution in [1.29, 1.82) is 0 Å². The SMILES string of the molecule is CC(C)Oc1ccc(C(=O)N(Cc2ccc(C(C)C)cc2)[C@@H]2CCS(=O)(=O)C2)cc1. The van der Waals surface area contributed by atoms with Crippen molar-refractivity contribution in [2.24, 2.45) is 0 Å². The molecule has 0 aliphatic carbocycles. The van der Waals surface area contributed by atoms with E-state index < -0.39 is 9.84 Å². The molecule has 0 bridgehead atoms. The molecule has 2 aromatic rings. The number of carbonyl (C=O) groups excluding carboxylic acids is 1. The Morgan fingerprint density at radius 2 is 1.67 bits per heavy atom. The minimum Gasteiger partial charge on any atom is -0.491 e. The Kier molecular flexibility index (Phi) is 6.86. The molecule has 0 N–H and O–H groups in total. The van der Waals surface area contributed by atoms with Crippen molar-refractivity contribution in [1.82, 2.24) is 4.90 Å². The van der Waals surface area contributed by atoms with Crippen LogP contribution in [0, 0.1) is 0 Å². The maximum absolute atomic E-state index is 13.3. The average Bonchev–Trinajstić information content (AvgIpc) is 3.05. The van der Waals surface area contributed by atoms with Gasteiger partial charge in [-0.1, -0.05) is 38.1 Å². The second-order valence-corrected chi connectivity index (χ2v) is 10.8. The molecular formula is C24H31NO4S. The quantitative estimate of drug-likeness (QED) is 0.653. The molecule has 1 atom stereocenters. The van der Waals surface area contributed by atoms with E-state index in [0.29, 0.717) is 30.2 Å². The molecule has 1 fully saturated rings. The van der Waals surface area contributed by atoms with E-state index in [1.807, 2.05) is 26.0 Å². The van der Waals surface area contributed by atoms with Crippen LogP contribution in [0.1, 0.15) is 61.5 Å². The van der Waals surface area contributed by atoms with Crippen molar-refractivity contribution in [3.8, 4) is 5.75 Å². The average molecular weight is 430 g/mol. The van der Waals surface area contributed by atoms with Crippen molar-refractivity contribution in [2.45, 2.75) is 58.7 Å². The lowest BCUT2D eigenvalue weighted by molar-refractivity contribution is 0.0681. The Hall–Kier alpha value is -2.34. The predicted molar refractivity (Wildman–Crippen MR) is 120 cm³/mol. The summed E-state index contributed by atoms with van der Waals surface area (Å²) in [5.74, 6) is 1.15. The molecule has 1 aliphatic rings. The monoisotopic (exact) mass is 429 g/mol. The van der Waals surface area contributed by atoms with Gasteiger partial charge in [-0.3, -0.25) is 4.79 Å². The first-order chi connectivity index (χ1) is 14.1. The van der Waals surface area contributed by atoms with Crippen molar-refractivity contribution in [3.63, 3.8) is 0 Å². The van der Waals surface area contributed by atoms with Gasteiger partial charge in [0.2, 0.25) is 0 Å². The largest absolute Gasteiger partial charge is 0.491 e. The van der Waals surface area contributed by atoms with Gasteiger partial charge in [0.05, 0.1) is 17.6 Å². The number of nitrogens with zero attached hydrogens (tertiary/aromatic N) is 1. The molecule has 1 heterocycles. The molecule has 3 rings (SSSR count). The van der Waals surface area contributed by atoms with E-state index in [1.54, 1.807) is 29.2 Å². The molecule has 1 aliphatic heterocycles. The van der Waals surface area contributed by atoms with Crippen LogP contribution in [-0.4, -0.2) is 42.9 Å². The molecule has 0 spiro atoms. The number of sulfone groups is 1. The van der Waals surface area contributed by atoms with Gasteiger partial charge in [-0.2, -0.15) is 0 Å². The van der Waals surface area contributed by atoms with E-state index in [4.69, 9.17) is 4.74 Å². The number of rotatable bonds is 7. The first kappa shape index (κ1) is 22.3. The van der Waals surface area contributed by atoms with Crippen molar-refractivity contribution in [2.75, 3.05) is 11.5 Å². The summed E-state index contributed by atoms with van der Waals surface area (Å²) < 4.78 is 29.8. The summed E-state index contributed by atoms with van der Waals surface area (Å²) in [6.45, 7) is 8.57. The number of carbonyl (C=O) groups is 1. The predicted octanol–water partition coefficient (Wildman–Crippen LogP) is 4.43. The van der Waals surface area contributed by atoms with Gasteiger partial charge in [-0.05, 0) is 61.6 Å². The zero-order valence-corrected chi connectivity index (χ0v) is 19.0. The van der Waals surface area contributed by atoms with Gasteiger partial charge in [0, 0.05) is 18.2 Å². The molecule has 0 aromatic heterocycles. The Morgan fingerprint density at radius 1 is 1.03 bits per heavy atom. The molecule has 1 saturated heterocycles. The number of hydrogen-bond acceptors (Lipinski definition) is 4. The topological polar surface area (TPSA) is 63.7 Å². The second kappa shape index (κ2) is 9.21. The number of ether oxygens (including phenoxy) is 1. The number of hydrogen-bond donors (Lipinski definition) is 0. The first-order valence-electron chi connectivity index (χ1n) is 10.5. The van der Waals surface area contributed by atoms with Crippen LogP contribution < -0.4 is 4.74 Å². The third-order valence-corrected chi connectivity index (χ3v) is 7.13. The lowest BCUT2D eigenvalue weighted by atomic mass is 10.0. The minimum absolute atomic E-state index is 0.0252. The van der Waals surface area contributed by atoms with Crippen LogP contribution in [0.5, 0.6) is 5.75 Å². The summed E-state index contributed by atoms with van der Waals surface area (Å²) in [6.07, 6.45) is 0.535. The lowest BCUT2D eigenvalue weighted by Gasteiger charge is -2.29. The summed E-state index contributed by atoms with van der Waals surface area (Å²) in [4.78, 5) is 15.1. The Bertz CT molecular complexity index is 963. The first-order valence-corrected chi connectivity index (χ1v) is 12.3. The summed E-state index contributed by atoms with van der Waals surface area (Å²) in [5.41, 5.74) is 2.77. The van der Waals surface area contributed by atoms with Gasteiger partial charge < -0.3 is 9.64 Å². The van der Waals surface area contributed by atoms with Crippen LogP contribution in [-0.2, 0) is 16.4 Å². The highest BCUT2D eigenvalue weighted by Gasteiger charge is 2.35. The van der Waals surface area contributed by atoms with Crippen LogP contribution in [0.3, 0.4) is 0 Å². The molecule has 0 radical (unpaired) electrons. The van der Waals surface area contributed by atoms with Crippen molar-refractivity contribution >= 4 is 15.7 Å². The molecule has 5 nitrogen and oxygen atoms in total. The highest BCUT2D eigenvalue weighted by molar-refractivity contribution is 7.91. The van der Waals surface area contributed by atoms with Gasteiger partial charge in [-0.15, -0.1) is 0 Å². The molecule has 0 saturated carbocycles. The van der Waals surface area contributed by atoms with Gasteiger partial charge >= 0.3 is 0 Å². The minimum atomic E-state index is -3.10. The third-order valence-electron chi connectivity index (χ3n) is 5.38. The maximum atomic E-state index is 13.3. The highest BCUT2D eigenvalue weighted by Crippen LogP contribution is 2.24. The van der Waals surface area contributed by atoms with Crippen molar-refractivity contribution in [3.05, 3.63) is 65.2 Å². The molecule has 2 aromatic carbocycles. The standard InChI is InChI=1S/C24H31NO4S/c1-17(2)20-7-5-19(6-8-20)15-25(22-13-14-30(27,28)16-22)24(26)21-9-11-23(12-10-21)29-18(3)4/h5-12,17-18,22H,13-16H2,1-4H3/t22-/m1/s1. The molecule has 6 heteroatoms. The van der Waals surface area contributed by atoms with E-state index in [0.717, 1.165) is 5.56 Å². The Labute approximate surface area is 180 Å². The van der Waals surface area contributed by atoms with Gasteiger partial charge in [0.1, 0.15) is 5.75 Å². The van der Waals surface area contributed by atoms with Crippen molar-refractivity contribution < 1.29 is 17.9 Å². The normalized spacial score (nSPS) is 18.0. The fourth-order valence-corrected chi connectivity index (χ4v) is 5.44. The van der Waals surface area contributed by atoms with Gasteiger partial charge in [-0.25, -0.2) is 8.42 Å². The van der Waals surface area contributed by atoms with E-state index >= 15 is 0 Å². The molecule has 162 valence electrons. The third kappa shape index (κ3) is 5.63. The second-order valence-electron chi connectivity index (χ2n) is 8.58. The summed E-state index contributed by atoms with van der Waals surface area (Å²) >= 11 is 0. The van der Waals surface area contributed by atoms with Gasteiger partial charge in [0.15, 0.2) is 9.84 Å². The van der Waals surface area contributed by atoms with Crippen LogP contribution in [0.15, 0.2) is 48.5 Å². The zero-order valence-electron chi connectivity index (χ0n) is 18.2. The molecule has 0 unspecified atom stereocenters. The molecule has 30 heavy (non-hydrogen) atoms. The van der Waals surface area contributed by atoms with Crippen LogP contribution in [0.4, 0.5) is 0 Å². The Morgan fingerprint density at radius 3 is 2.17 bits per heavy atom. The van der Waals surface area contributed by atoms with E-state index in [1.165, 1.54) is 5.56 Å². The fraction of sp³-hybridized carbons (Fsp3) is 0.458. The molecular weight excluding hydrogens is 398 g/mol. The summed E-state index contributed by atoms with van der Waals surface area (Å²) in [5, 5.41) is 0. The smallest absolute Gasteiger partial charge is 0.254 e. The summed E-state index contributed by atoms with van der Waals surface area (Å²) in [7, 11) is -3.10. The van der Waals surface area contributed by atoms with Crippen LogP contribution >= 0.6 is 0 Å². The van der Waals surface area contributed by atoms with E-state index in [9.17, 15) is 13.2 Å². The van der Waals surface area contributed by atoms with Crippen LogP contribution in [0.25, 0.3) is 0 Å². The highest BCUT2D eigenvalue weighted by atomic mass is 32.2. The van der Waals surface area contributed by atoms with Gasteiger partial charge in [0.25, 0.3) is 5.91 Å². The van der Waals surface area contributed by atoms with E-state index in [2.05, 4.69) is 26.0 Å². The van der Waals surface area contributed by atoms with Crippen LogP contribution in [0.2, 0.25) is 0 Å². The Balaban J connectivity index is 1.84. The maximum Gasteiger partial charge on any atom is 0.254 e. The molecule has 1 amide bonds. The van der Waals surface area contributed by atoms with E-state index in [-0.39, 0.29) is 29.6 Å². The number of benzene rings is 2.